The fraction of sp³-hybridized carbons (Fsp3) is 0.625. The van der Waals surface area contributed by atoms with Gasteiger partial charge in [0.25, 0.3) is 0 Å². The fourth-order valence-electron chi connectivity index (χ4n) is 0.937. The van der Waals surface area contributed by atoms with E-state index < -0.39 is 9.84 Å². The van der Waals surface area contributed by atoms with Crippen LogP contribution in [0, 0.1) is 0 Å². The highest BCUT2D eigenvalue weighted by Gasteiger charge is 2.25. The molecule has 1 N–H and O–H groups in total. The van der Waals surface area contributed by atoms with Crippen LogP contribution in [-0.2, 0) is 9.84 Å². The lowest BCUT2D eigenvalue weighted by Crippen LogP contribution is -2.27. The minimum Gasteiger partial charge on any atom is -0.310 e. The van der Waals surface area contributed by atoms with E-state index in [2.05, 4.69) is 10.3 Å². The summed E-state index contributed by atoms with van der Waals surface area (Å²) < 4.78 is 22.9. The van der Waals surface area contributed by atoms with Gasteiger partial charge in [0, 0.05) is 18.8 Å². The Morgan fingerprint density at radius 3 is 2.54 bits per heavy atom. The minimum absolute atomic E-state index is 0.188. The summed E-state index contributed by atoms with van der Waals surface area (Å²) in [6, 6.07) is 0.275. The van der Waals surface area contributed by atoms with Gasteiger partial charge in [-0.2, -0.15) is 0 Å². The number of nitrogens with zero attached hydrogens (tertiary/aromatic N) is 1. The molecule has 74 valence electrons. The summed E-state index contributed by atoms with van der Waals surface area (Å²) >= 11 is 0. The summed E-state index contributed by atoms with van der Waals surface area (Å²) in [7, 11) is -3.21. The lowest BCUT2D eigenvalue weighted by atomic mass is 10.4. The van der Waals surface area contributed by atoms with Crippen molar-refractivity contribution in [2.45, 2.75) is 26.8 Å². The van der Waals surface area contributed by atoms with Crippen LogP contribution >= 0.6 is 0 Å². The van der Waals surface area contributed by atoms with E-state index in [1.54, 1.807) is 0 Å². The van der Waals surface area contributed by atoms with E-state index >= 15 is 0 Å². The first-order valence-electron chi connectivity index (χ1n) is 4.16. The highest BCUT2D eigenvalue weighted by atomic mass is 32.2. The Balaban J connectivity index is 2.67. The average Bonchev–Trinajstić information content (AvgIpc) is 2.25. The zero-order valence-corrected chi connectivity index (χ0v) is 8.85. The molecule has 0 bridgehead atoms. The number of sulfone groups is 1. The highest BCUT2D eigenvalue weighted by molar-refractivity contribution is 8.09. The number of nitrogens with one attached hydrogen (secondary N) is 1. The maximum Gasteiger partial charge on any atom is 0.218 e. The quantitative estimate of drug-likeness (QED) is 0.732. The second-order valence-corrected chi connectivity index (χ2v) is 5.40. The van der Waals surface area contributed by atoms with Crippen LogP contribution in [0.2, 0.25) is 0 Å². The maximum atomic E-state index is 11.5. The van der Waals surface area contributed by atoms with E-state index in [-0.39, 0.29) is 11.1 Å². The van der Waals surface area contributed by atoms with Gasteiger partial charge in [0.15, 0.2) is 0 Å². The Morgan fingerprint density at radius 1 is 1.54 bits per heavy atom. The Morgan fingerprint density at radius 2 is 2.15 bits per heavy atom. The maximum absolute atomic E-state index is 11.5. The summed E-state index contributed by atoms with van der Waals surface area (Å²) in [5.41, 5.74) is 0. The third-order valence-corrected chi connectivity index (χ3v) is 3.63. The normalized spacial score (nSPS) is 20.3. The number of aliphatic imine (C=N–C) groups is 1. The van der Waals surface area contributed by atoms with Crippen molar-refractivity contribution in [1.29, 1.82) is 0 Å². The lowest BCUT2D eigenvalue weighted by molar-refractivity contribution is 0.601. The van der Waals surface area contributed by atoms with Gasteiger partial charge in [-0.3, -0.25) is 0 Å². The van der Waals surface area contributed by atoms with Gasteiger partial charge in [-0.15, -0.1) is 0 Å². The molecule has 0 saturated carbocycles. The van der Waals surface area contributed by atoms with E-state index in [9.17, 15) is 8.42 Å². The molecule has 1 heterocycles. The molecule has 0 spiro atoms. The highest BCUT2D eigenvalue weighted by Crippen LogP contribution is 2.15. The first-order chi connectivity index (χ1) is 5.94. The first kappa shape index (κ1) is 10.4. The molecule has 0 aromatic heterocycles. The summed E-state index contributed by atoms with van der Waals surface area (Å²) in [6.45, 7) is 5.81. The van der Waals surface area contributed by atoms with Crippen LogP contribution in [0.15, 0.2) is 16.1 Å². The second kappa shape index (κ2) is 3.59. The van der Waals surface area contributed by atoms with E-state index in [0.29, 0.717) is 11.4 Å². The van der Waals surface area contributed by atoms with Crippen LogP contribution in [0.1, 0.15) is 20.8 Å². The molecule has 0 fully saturated rings. The van der Waals surface area contributed by atoms with Gasteiger partial charge in [0.05, 0.1) is 4.91 Å². The van der Waals surface area contributed by atoms with Gasteiger partial charge in [0.2, 0.25) is 9.84 Å². The van der Waals surface area contributed by atoms with Crippen molar-refractivity contribution in [2.75, 3.05) is 6.54 Å². The van der Waals surface area contributed by atoms with Crippen LogP contribution in [0.5, 0.6) is 0 Å². The van der Waals surface area contributed by atoms with E-state index in [4.69, 9.17) is 0 Å². The van der Waals surface area contributed by atoms with Crippen molar-refractivity contribution in [3.05, 3.63) is 11.1 Å². The number of hydrogen-bond acceptors (Lipinski definition) is 4. The van der Waals surface area contributed by atoms with E-state index in [1.165, 1.54) is 13.1 Å². The number of rotatable bonds is 3. The molecular weight excluding hydrogens is 188 g/mol. The number of hydrogen-bond donors (Lipinski definition) is 1. The lowest BCUT2D eigenvalue weighted by Gasteiger charge is -2.07. The Labute approximate surface area is 78.7 Å². The Kier molecular flexibility index (Phi) is 2.87. The Hall–Kier alpha value is -0.680. The molecule has 0 saturated heterocycles. The van der Waals surface area contributed by atoms with Crippen molar-refractivity contribution in [3.8, 4) is 0 Å². The molecule has 0 amide bonds. The van der Waals surface area contributed by atoms with Gasteiger partial charge in [-0.05, 0) is 6.92 Å². The monoisotopic (exact) mass is 202 g/mol. The topological polar surface area (TPSA) is 58.5 Å². The Bertz CT molecular complexity index is 352. The zero-order valence-electron chi connectivity index (χ0n) is 8.03. The predicted molar refractivity (Wildman–Crippen MR) is 53.3 cm³/mol. The smallest absolute Gasteiger partial charge is 0.218 e. The second-order valence-electron chi connectivity index (χ2n) is 3.28. The molecule has 0 atom stereocenters. The molecule has 0 aliphatic carbocycles. The molecule has 5 heteroatoms. The molecule has 4 nitrogen and oxygen atoms in total. The van der Waals surface area contributed by atoms with E-state index in [0.717, 1.165) is 0 Å². The van der Waals surface area contributed by atoms with Crippen molar-refractivity contribution in [1.82, 2.24) is 5.32 Å². The van der Waals surface area contributed by atoms with Gasteiger partial charge < -0.3 is 5.32 Å². The first-order valence-corrected chi connectivity index (χ1v) is 5.65. The average molecular weight is 202 g/mol. The molecule has 0 aromatic rings. The largest absolute Gasteiger partial charge is 0.310 e. The van der Waals surface area contributed by atoms with E-state index in [1.807, 2.05) is 13.8 Å². The van der Waals surface area contributed by atoms with Crippen molar-refractivity contribution in [2.24, 2.45) is 4.99 Å². The van der Waals surface area contributed by atoms with Crippen LogP contribution in [-0.4, -0.2) is 26.0 Å². The predicted octanol–water partition coefficient (Wildman–Crippen LogP) is 0.673. The van der Waals surface area contributed by atoms with Crippen LogP contribution in [0.25, 0.3) is 0 Å². The molecule has 0 radical (unpaired) electrons. The molecular formula is C8H14N2O2S. The molecule has 0 unspecified atom stereocenters. The standard InChI is InChI=1S/C8H14N2O2S/c1-6(2)9-4-8-5-10-7(3)13(8,11)12/h5-6,9H,4H2,1-3H3. The summed E-state index contributed by atoms with van der Waals surface area (Å²) in [6.07, 6.45) is 1.42. The summed E-state index contributed by atoms with van der Waals surface area (Å²) in [4.78, 5) is 4.13. The minimum atomic E-state index is -3.21. The summed E-state index contributed by atoms with van der Waals surface area (Å²) in [5.74, 6) is 0. The van der Waals surface area contributed by atoms with Gasteiger partial charge >= 0.3 is 0 Å². The van der Waals surface area contributed by atoms with Gasteiger partial charge in [-0.25, -0.2) is 13.4 Å². The molecule has 1 aliphatic heterocycles. The molecule has 13 heavy (non-hydrogen) atoms. The van der Waals surface area contributed by atoms with Crippen LogP contribution in [0.4, 0.5) is 0 Å². The fourth-order valence-corrected chi connectivity index (χ4v) is 1.97. The zero-order chi connectivity index (χ0) is 10.1. The SMILES string of the molecule is CC1=NC=C(CNC(C)C)S1(=O)=O. The molecule has 0 aromatic carbocycles. The molecule has 1 aliphatic rings. The van der Waals surface area contributed by atoms with Gasteiger partial charge in [-0.1, -0.05) is 13.8 Å². The third-order valence-electron chi connectivity index (χ3n) is 1.81. The van der Waals surface area contributed by atoms with Crippen molar-refractivity contribution in [3.63, 3.8) is 0 Å². The van der Waals surface area contributed by atoms with Crippen LogP contribution < -0.4 is 5.32 Å². The van der Waals surface area contributed by atoms with Crippen LogP contribution in [0.3, 0.4) is 0 Å². The molecule has 1 rings (SSSR count). The summed E-state index contributed by atoms with van der Waals surface area (Å²) in [5, 5.41) is 3.23. The van der Waals surface area contributed by atoms with Gasteiger partial charge in [0.1, 0.15) is 5.04 Å². The van der Waals surface area contributed by atoms with Crippen molar-refractivity contribution >= 4 is 14.9 Å². The van der Waals surface area contributed by atoms with Crippen molar-refractivity contribution < 1.29 is 8.42 Å². The third kappa shape index (κ3) is 2.16.